The van der Waals surface area contributed by atoms with Gasteiger partial charge in [0.25, 0.3) is 5.91 Å². The first kappa shape index (κ1) is 15.4. The Balaban J connectivity index is 1.67. The fourth-order valence-electron chi connectivity index (χ4n) is 2.63. The summed E-state index contributed by atoms with van der Waals surface area (Å²) in [5.41, 5.74) is 2.30. The van der Waals surface area contributed by atoms with Crippen LogP contribution in [0.2, 0.25) is 0 Å². The summed E-state index contributed by atoms with van der Waals surface area (Å²) >= 11 is 0. The minimum absolute atomic E-state index is 0.0242. The van der Waals surface area contributed by atoms with Crippen molar-refractivity contribution in [1.29, 1.82) is 0 Å². The van der Waals surface area contributed by atoms with Crippen LogP contribution in [0.15, 0.2) is 48.5 Å². The number of aryl methyl sites for hydroxylation is 1. The smallest absolute Gasteiger partial charge is 0.265 e. The molecule has 0 bridgehead atoms. The highest BCUT2D eigenvalue weighted by molar-refractivity contribution is 5.82. The van der Waals surface area contributed by atoms with E-state index in [9.17, 15) is 4.79 Å². The zero-order valence-corrected chi connectivity index (χ0v) is 13.4. The van der Waals surface area contributed by atoms with Crippen LogP contribution in [-0.4, -0.2) is 18.6 Å². The van der Waals surface area contributed by atoms with Gasteiger partial charge in [-0.2, -0.15) is 0 Å². The van der Waals surface area contributed by atoms with Gasteiger partial charge in [0.1, 0.15) is 6.61 Å². The number of para-hydroxylation sites is 2. The number of carbonyl (C=O) groups is 1. The predicted octanol–water partition coefficient (Wildman–Crippen LogP) is 3.40. The Morgan fingerprint density at radius 2 is 1.87 bits per heavy atom. The average molecular weight is 311 g/mol. The summed E-state index contributed by atoms with van der Waals surface area (Å²) < 4.78 is 11.4. The molecule has 0 spiro atoms. The van der Waals surface area contributed by atoms with E-state index in [0.29, 0.717) is 11.5 Å². The van der Waals surface area contributed by atoms with Crippen LogP contribution in [-0.2, 0) is 4.79 Å². The number of nitrogens with one attached hydrogen (secondary N) is 1. The Morgan fingerprint density at radius 3 is 2.57 bits per heavy atom. The highest BCUT2D eigenvalue weighted by atomic mass is 16.6. The van der Waals surface area contributed by atoms with E-state index in [0.717, 1.165) is 12.0 Å². The molecular formula is C19H21NO3. The molecule has 4 heteroatoms. The lowest BCUT2D eigenvalue weighted by Crippen LogP contribution is -2.45. The van der Waals surface area contributed by atoms with Gasteiger partial charge in [-0.05, 0) is 31.0 Å². The van der Waals surface area contributed by atoms with Gasteiger partial charge in [0.2, 0.25) is 6.10 Å². The summed E-state index contributed by atoms with van der Waals surface area (Å²) in [6.07, 6.45) is 0.197. The summed E-state index contributed by atoms with van der Waals surface area (Å²) in [7, 11) is 0. The molecule has 0 unspecified atom stereocenters. The van der Waals surface area contributed by atoms with Crippen LogP contribution in [0.4, 0.5) is 0 Å². The normalized spacial score (nSPS) is 17.4. The molecule has 4 nitrogen and oxygen atoms in total. The van der Waals surface area contributed by atoms with Crippen molar-refractivity contribution >= 4 is 5.91 Å². The van der Waals surface area contributed by atoms with Gasteiger partial charge >= 0.3 is 0 Å². The van der Waals surface area contributed by atoms with Gasteiger partial charge in [0.15, 0.2) is 11.5 Å². The molecule has 1 heterocycles. The van der Waals surface area contributed by atoms with Crippen molar-refractivity contribution in [2.24, 2.45) is 0 Å². The molecule has 1 amide bonds. The van der Waals surface area contributed by atoms with Crippen LogP contribution in [0.3, 0.4) is 0 Å². The van der Waals surface area contributed by atoms with E-state index in [-0.39, 0.29) is 18.6 Å². The van der Waals surface area contributed by atoms with E-state index >= 15 is 0 Å². The van der Waals surface area contributed by atoms with Crippen LogP contribution in [0.1, 0.15) is 30.5 Å². The Kier molecular flexibility index (Phi) is 4.51. The van der Waals surface area contributed by atoms with Gasteiger partial charge in [-0.3, -0.25) is 4.79 Å². The molecule has 1 N–H and O–H groups in total. The summed E-state index contributed by atoms with van der Waals surface area (Å²) in [4.78, 5) is 12.5. The fourth-order valence-corrected chi connectivity index (χ4v) is 2.63. The zero-order valence-electron chi connectivity index (χ0n) is 13.4. The number of amides is 1. The molecule has 0 fully saturated rings. The molecule has 23 heavy (non-hydrogen) atoms. The first-order valence-corrected chi connectivity index (χ1v) is 7.93. The highest BCUT2D eigenvalue weighted by Crippen LogP contribution is 2.31. The number of hydrogen-bond donors (Lipinski definition) is 1. The van der Waals surface area contributed by atoms with E-state index in [1.807, 2.05) is 31.2 Å². The molecule has 0 aliphatic carbocycles. The van der Waals surface area contributed by atoms with Gasteiger partial charge in [0.05, 0.1) is 6.04 Å². The Morgan fingerprint density at radius 1 is 1.17 bits per heavy atom. The standard InChI is InChI=1S/C19H21NO3/c1-3-15(14-10-8-13(2)9-11-14)20-19(21)18-12-22-16-6-4-5-7-17(16)23-18/h4-11,15,18H,3,12H2,1-2H3,(H,20,21)/t15-,18-/m0/s1. The van der Waals surface area contributed by atoms with Gasteiger partial charge in [-0.25, -0.2) is 0 Å². The summed E-state index contributed by atoms with van der Waals surface area (Å²) in [5.74, 6) is 1.15. The van der Waals surface area contributed by atoms with E-state index in [2.05, 4.69) is 36.5 Å². The molecule has 2 aromatic rings. The van der Waals surface area contributed by atoms with E-state index in [4.69, 9.17) is 9.47 Å². The molecule has 0 saturated carbocycles. The maximum atomic E-state index is 12.5. The fraction of sp³-hybridized carbons (Fsp3) is 0.316. The first-order chi connectivity index (χ1) is 11.2. The lowest BCUT2D eigenvalue weighted by atomic mass is 10.0. The van der Waals surface area contributed by atoms with Crippen molar-refractivity contribution in [3.63, 3.8) is 0 Å². The van der Waals surface area contributed by atoms with Gasteiger partial charge in [-0.15, -0.1) is 0 Å². The molecule has 1 aliphatic rings. The van der Waals surface area contributed by atoms with Crippen LogP contribution in [0.5, 0.6) is 11.5 Å². The minimum atomic E-state index is -0.621. The van der Waals surface area contributed by atoms with Gasteiger partial charge in [-0.1, -0.05) is 48.9 Å². The molecular weight excluding hydrogens is 290 g/mol. The average Bonchev–Trinajstić information content (AvgIpc) is 2.60. The summed E-state index contributed by atoms with van der Waals surface area (Å²) in [5, 5.41) is 3.06. The Labute approximate surface area is 136 Å². The number of rotatable bonds is 4. The molecule has 120 valence electrons. The Hall–Kier alpha value is -2.49. The lowest BCUT2D eigenvalue weighted by molar-refractivity contribution is -0.131. The van der Waals surface area contributed by atoms with E-state index in [1.54, 1.807) is 0 Å². The molecule has 0 aromatic heterocycles. The Bertz CT molecular complexity index is 681. The van der Waals surface area contributed by atoms with Crippen molar-refractivity contribution in [3.05, 3.63) is 59.7 Å². The second kappa shape index (κ2) is 6.73. The van der Waals surface area contributed by atoms with Crippen molar-refractivity contribution < 1.29 is 14.3 Å². The second-order valence-electron chi connectivity index (χ2n) is 5.74. The molecule has 0 radical (unpaired) electrons. The van der Waals surface area contributed by atoms with Crippen molar-refractivity contribution in [2.75, 3.05) is 6.61 Å². The molecule has 3 rings (SSSR count). The third-order valence-electron chi connectivity index (χ3n) is 4.01. The van der Waals surface area contributed by atoms with E-state index in [1.165, 1.54) is 5.56 Å². The van der Waals surface area contributed by atoms with Crippen LogP contribution in [0, 0.1) is 6.92 Å². The summed E-state index contributed by atoms with van der Waals surface area (Å²) in [6, 6.07) is 15.6. The van der Waals surface area contributed by atoms with Crippen molar-refractivity contribution in [3.8, 4) is 11.5 Å². The predicted molar refractivity (Wildman–Crippen MR) is 88.7 cm³/mol. The second-order valence-corrected chi connectivity index (χ2v) is 5.74. The maximum absolute atomic E-state index is 12.5. The van der Waals surface area contributed by atoms with Crippen LogP contribution in [0.25, 0.3) is 0 Å². The monoisotopic (exact) mass is 311 g/mol. The molecule has 2 atom stereocenters. The molecule has 0 saturated heterocycles. The first-order valence-electron chi connectivity index (χ1n) is 7.93. The van der Waals surface area contributed by atoms with Crippen molar-refractivity contribution in [1.82, 2.24) is 5.32 Å². The van der Waals surface area contributed by atoms with Crippen LogP contribution < -0.4 is 14.8 Å². The number of benzene rings is 2. The van der Waals surface area contributed by atoms with Crippen molar-refractivity contribution in [2.45, 2.75) is 32.4 Å². The molecule has 1 aliphatic heterocycles. The van der Waals surface area contributed by atoms with Crippen LogP contribution >= 0.6 is 0 Å². The zero-order chi connectivity index (χ0) is 16.2. The largest absolute Gasteiger partial charge is 0.485 e. The summed E-state index contributed by atoms with van der Waals surface area (Å²) in [6.45, 7) is 4.33. The topological polar surface area (TPSA) is 47.6 Å². The highest BCUT2D eigenvalue weighted by Gasteiger charge is 2.28. The number of ether oxygens (including phenoxy) is 2. The van der Waals surface area contributed by atoms with E-state index < -0.39 is 6.10 Å². The van der Waals surface area contributed by atoms with Gasteiger partial charge < -0.3 is 14.8 Å². The maximum Gasteiger partial charge on any atom is 0.265 e. The third-order valence-corrected chi connectivity index (χ3v) is 4.01. The number of hydrogen-bond acceptors (Lipinski definition) is 3. The molecule has 2 aromatic carbocycles. The quantitative estimate of drug-likeness (QED) is 0.941. The third kappa shape index (κ3) is 3.47. The van der Waals surface area contributed by atoms with Gasteiger partial charge in [0, 0.05) is 0 Å². The number of fused-ring (bicyclic) bond motifs is 1. The lowest BCUT2D eigenvalue weighted by Gasteiger charge is -2.27. The SMILES string of the molecule is CC[C@H](NC(=O)[C@@H]1COc2ccccc2O1)c1ccc(C)cc1. The number of carbonyl (C=O) groups excluding carboxylic acids is 1. The minimum Gasteiger partial charge on any atom is -0.485 e.